The molecule has 1 N–H and O–H groups in total. The van der Waals surface area contributed by atoms with Crippen LogP contribution in [-0.2, 0) is 9.84 Å². The van der Waals surface area contributed by atoms with Crippen LogP contribution in [0.15, 0.2) is 48.0 Å². The third-order valence-corrected chi connectivity index (χ3v) is 4.61. The molecule has 6 nitrogen and oxygen atoms in total. The summed E-state index contributed by atoms with van der Waals surface area (Å²) in [7, 11) is -3.27. The summed E-state index contributed by atoms with van der Waals surface area (Å²) in [5, 5.41) is 15.8. The summed E-state index contributed by atoms with van der Waals surface area (Å²) in [6.45, 7) is 5.63. The molecule has 1 heterocycles. The van der Waals surface area contributed by atoms with Gasteiger partial charge in [-0.2, -0.15) is 4.73 Å². The Morgan fingerprint density at radius 3 is 2.38 bits per heavy atom. The first-order valence-corrected chi connectivity index (χ1v) is 10.0. The number of aromatic nitrogens is 1. The van der Waals surface area contributed by atoms with Crippen molar-refractivity contribution < 1.29 is 17.9 Å². The molecule has 0 aliphatic carbocycles. The summed E-state index contributed by atoms with van der Waals surface area (Å²) < 4.78 is 22.7. The van der Waals surface area contributed by atoms with Crippen LogP contribution in [0.1, 0.15) is 28.5 Å². The first-order chi connectivity index (χ1) is 12.1. The van der Waals surface area contributed by atoms with Crippen LogP contribution in [0.5, 0.6) is 0 Å². The number of benzene rings is 1. The predicted molar refractivity (Wildman–Crippen MR) is 101 cm³/mol. The van der Waals surface area contributed by atoms with E-state index in [1.165, 1.54) is 18.3 Å². The van der Waals surface area contributed by atoms with Crippen molar-refractivity contribution in [2.75, 3.05) is 6.26 Å². The summed E-state index contributed by atoms with van der Waals surface area (Å²) in [5.41, 5.74) is 3.83. The van der Waals surface area contributed by atoms with E-state index in [2.05, 4.69) is 5.32 Å². The molecular weight excluding hydrogens is 352 g/mol. The molecule has 0 bridgehead atoms. The largest absolute Gasteiger partial charge is 0.618 e. The quantitative estimate of drug-likeness (QED) is 0.642. The smallest absolute Gasteiger partial charge is 0.317 e. The fourth-order valence-electron chi connectivity index (χ4n) is 2.34. The molecule has 0 aliphatic heterocycles. The molecule has 138 valence electrons. The van der Waals surface area contributed by atoms with Crippen LogP contribution in [0, 0.1) is 19.1 Å². The van der Waals surface area contributed by atoms with Gasteiger partial charge < -0.3 is 10.5 Å². The van der Waals surface area contributed by atoms with Gasteiger partial charge in [-0.05, 0) is 43.5 Å². The third-order valence-electron chi connectivity index (χ3n) is 3.96. The molecule has 1 aromatic heterocycles. The SMILES string of the molecule is Cc1ccc(-c2ccc(C(=O)N[C@@H](C)/C=C/S(C)(=O)=O)[n+]([O-])c2)cc1C. The van der Waals surface area contributed by atoms with Crippen molar-refractivity contribution >= 4 is 15.7 Å². The van der Waals surface area contributed by atoms with Crippen LogP contribution in [0.4, 0.5) is 0 Å². The molecule has 2 rings (SSSR count). The van der Waals surface area contributed by atoms with E-state index in [1.807, 2.05) is 32.0 Å². The Morgan fingerprint density at radius 1 is 1.15 bits per heavy atom. The minimum Gasteiger partial charge on any atom is -0.618 e. The minimum absolute atomic E-state index is 0.0582. The van der Waals surface area contributed by atoms with Crippen molar-refractivity contribution in [1.29, 1.82) is 0 Å². The van der Waals surface area contributed by atoms with E-state index < -0.39 is 21.8 Å². The number of amides is 1. The highest BCUT2D eigenvalue weighted by atomic mass is 32.2. The maximum absolute atomic E-state index is 12.2. The fraction of sp³-hybridized carbons (Fsp3) is 0.263. The van der Waals surface area contributed by atoms with Gasteiger partial charge >= 0.3 is 5.91 Å². The van der Waals surface area contributed by atoms with E-state index in [4.69, 9.17) is 0 Å². The normalized spacial score (nSPS) is 12.9. The summed E-state index contributed by atoms with van der Waals surface area (Å²) in [6, 6.07) is 8.54. The number of rotatable bonds is 5. The highest BCUT2D eigenvalue weighted by Crippen LogP contribution is 2.21. The first kappa shape index (κ1) is 19.7. The number of sulfone groups is 1. The number of hydrogen-bond donors (Lipinski definition) is 1. The standard InChI is InChI=1S/C19H22N2O4S/c1-13-5-6-16(11-14(13)2)17-7-8-18(21(23)12-17)19(22)20-15(3)9-10-26(4,24)25/h5-12,15H,1-4H3,(H,20,22)/b10-9+/t15-/m0/s1. The Labute approximate surface area is 153 Å². The van der Waals surface area contributed by atoms with Gasteiger partial charge in [-0.25, -0.2) is 8.42 Å². The molecule has 1 atom stereocenters. The molecular formula is C19H22N2O4S. The van der Waals surface area contributed by atoms with Gasteiger partial charge in [-0.3, -0.25) is 4.79 Å². The number of carbonyl (C=O) groups is 1. The number of carbonyl (C=O) groups excluding carboxylic acids is 1. The lowest BCUT2D eigenvalue weighted by molar-refractivity contribution is -0.607. The van der Waals surface area contributed by atoms with Crippen molar-refractivity contribution in [2.24, 2.45) is 0 Å². The van der Waals surface area contributed by atoms with Crippen molar-refractivity contribution in [3.63, 3.8) is 0 Å². The second kappa shape index (κ2) is 7.70. The van der Waals surface area contributed by atoms with Crippen molar-refractivity contribution in [3.05, 3.63) is 70.0 Å². The second-order valence-corrected chi connectivity index (χ2v) is 8.28. The van der Waals surface area contributed by atoms with E-state index in [9.17, 15) is 18.4 Å². The molecule has 0 unspecified atom stereocenters. The molecule has 0 radical (unpaired) electrons. The Hall–Kier alpha value is -2.67. The van der Waals surface area contributed by atoms with E-state index in [0.717, 1.165) is 28.4 Å². The molecule has 26 heavy (non-hydrogen) atoms. The minimum atomic E-state index is -3.27. The Bertz CT molecular complexity index is 965. The van der Waals surface area contributed by atoms with Crippen LogP contribution in [0.3, 0.4) is 0 Å². The molecule has 1 aromatic carbocycles. The zero-order valence-corrected chi connectivity index (χ0v) is 16.0. The number of aryl methyl sites for hydroxylation is 2. The predicted octanol–water partition coefficient (Wildman–Crippen LogP) is 2.28. The van der Waals surface area contributed by atoms with Crippen LogP contribution in [-0.4, -0.2) is 26.6 Å². The summed E-state index contributed by atoms with van der Waals surface area (Å²) in [6.07, 6.45) is 3.77. The molecule has 0 saturated carbocycles. The molecule has 0 saturated heterocycles. The van der Waals surface area contributed by atoms with Crippen LogP contribution in [0.25, 0.3) is 11.1 Å². The van der Waals surface area contributed by atoms with Gasteiger partial charge in [0.1, 0.15) is 0 Å². The van der Waals surface area contributed by atoms with Crippen LogP contribution in [0.2, 0.25) is 0 Å². The van der Waals surface area contributed by atoms with Gasteiger partial charge in [-0.15, -0.1) is 0 Å². The van der Waals surface area contributed by atoms with E-state index in [1.54, 1.807) is 13.0 Å². The number of pyridine rings is 1. The summed E-state index contributed by atoms with van der Waals surface area (Å²) in [4.78, 5) is 12.2. The van der Waals surface area contributed by atoms with E-state index in [0.29, 0.717) is 10.3 Å². The number of nitrogens with zero attached hydrogens (tertiary/aromatic N) is 1. The van der Waals surface area contributed by atoms with Gasteiger partial charge in [-0.1, -0.05) is 24.3 Å². The second-order valence-electron chi connectivity index (χ2n) is 6.35. The van der Waals surface area contributed by atoms with Crippen LogP contribution < -0.4 is 10.0 Å². The van der Waals surface area contributed by atoms with Gasteiger partial charge in [0, 0.05) is 29.3 Å². The topological polar surface area (TPSA) is 90.2 Å². The lowest BCUT2D eigenvalue weighted by Gasteiger charge is -2.11. The van der Waals surface area contributed by atoms with Gasteiger partial charge in [0.2, 0.25) is 0 Å². The molecule has 1 amide bonds. The average Bonchev–Trinajstić information content (AvgIpc) is 2.54. The molecule has 0 spiro atoms. The van der Waals surface area contributed by atoms with Gasteiger partial charge in [0.05, 0.1) is 0 Å². The van der Waals surface area contributed by atoms with Crippen LogP contribution >= 0.6 is 0 Å². The molecule has 2 aromatic rings. The van der Waals surface area contributed by atoms with Gasteiger partial charge in [0.25, 0.3) is 5.69 Å². The first-order valence-electron chi connectivity index (χ1n) is 8.07. The zero-order chi connectivity index (χ0) is 19.5. The Balaban J connectivity index is 2.19. The lowest BCUT2D eigenvalue weighted by Crippen LogP contribution is -2.41. The maximum Gasteiger partial charge on any atom is 0.317 e. The zero-order valence-electron chi connectivity index (χ0n) is 15.2. The van der Waals surface area contributed by atoms with Crippen molar-refractivity contribution in [3.8, 4) is 11.1 Å². The van der Waals surface area contributed by atoms with Crippen molar-refractivity contribution in [2.45, 2.75) is 26.8 Å². The van der Waals surface area contributed by atoms with E-state index in [-0.39, 0.29) is 5.69 Å². The monoisotopic (exact) mass is 374 g/mol. The summed E-state index contributed by atoms with van der Waals surface area (Å²) >= 11 is 0. The summed E-state index contributed by atoms with van der Waals surface area (Å²) in [5.74, 6) is -0.572. The lowest BCUT2D eigenvalue weighted by atomic mass is 10.0. The molecule has 0 fully saturated rings. The number of hydrogen-bond acceptors (Lipinski definition) is 4. The fourth-order valence-corrected chi connectivity index (χ4v) is 2.86. The molecule has 0 aliphatic rings. The highest BCUT2D eigenvalue weighted by Gasteiger charge is 2.18. The maximum atomic E-state index is 12.2. The Kier molecular flexibility index (Phi) is 5.82. The van der Waals surface area contributed by atoms with E-state index >= 15 is 0 Å². The average molecular weight is 374 g/mol. The molecule has 7 heteroatoms. The number of nitrogens with one attached hydrogen (secondary N) is 1. The highest BCUT2D eigenvalue weighted by molar-refractivity contribution is 7.93. The van der Waals surface area contributed by atoms with Gasteiger partial charge in [0.15, 0.2) is 16.0 Å². The van der Waals surface area contributed by atoms with Crippen molar-refractivity contribution in [1.82, 2.24) is 5.32 Å². The third kappa shape index (κ3) is 5.16. The Morgan fingerprint density at radius 2 is 1.81 bits per heavy atom.